The summed E-state index contributed by atoms with van der Waals surface area (Å²) in [5.74, 6) is 0. The molecule has 0 aliphatic carbocycles. The maximum atomic E-state index is 3.62. The highest BCUT2D eigenvalue weighted by Gasteiger charge is 2.14. The van der Waals surface area contributed by atoms with Gasteiger partial charge in [-0.25, -0.2) is 0 Å². The third-order valence-corrected chi connectivity index (χ3v) is 6.44. The largest absolute Gasteiger partial charge is 0.309 e. The summed E-state index contributed by atoms with van der Waals surface area (Å²) in [6.07, 6.45) is 0. The minimum absolute atomic E-state index is 1.08. The van der Waals surface area contributed by atoms with Gasteiger partial charge in [0.05, 0.1) is 21.3 Å². The van der Waals surface area contributed by atoms with Crippen LogP contribution in [0, 0.1) is 0 Å². The van der Waals surface area contributed by atoms with Crippen molar-refractivity contribution in [1.82, 2.24) is 4.57 Å². The van der Waals surface area contributed by atoms with Crippen LogP contribution >= 0.6 is 0 Å². The molecule has 2 heteroatoms. The summed E-state index contributed by atoms with van der Waals surface area (Å²) < 4.78 is 2.36. The Kier molecular flexibility index (Phi) is 4.52. The Morgan fingerprint density at radius 3 is 1.38 bits per heavy atom. The third kappa shape index (κ3) is 3.17. The van der Waals surface area contributed by atoms with Crippen molar-refractivity contribution in [1.29, 1.82) is 0 Å². The van der Waals surface area contributed by atoms with E-state index in [9.17, 15) is 0 Å². The molecule has 0 spiro atoms. The van der Waals surface area contributed by atoms with Gasteiger partial charge in [0.15, 0.2) is 0 Å². The average molecular weight is 423 g/mol. The number of benzene rings is 5. The van der Waals surface area contributed by atoms with Crippen LogP contribution in [0.25, 0.3) is 49.7 Å². The van der Waals surface area contributed by atoms with E-state index in [1.54, 1.807) is 0 Å². The normalized spacial score (nSPS) is 11.3. The minimum atomic E-state index is 1.08. The first kappa shape index (κ1) is 18.9. The zero-order valence-electron chi connectivity index (χ0n) is 17.5. The summed E-state index contributed by atoms with van der Waals surface area (Å²) in [5.41, 5.74) is 8.52. The van der Waals surface area contributed by atoms with Gasteiger partial charge in [-0.15, -0.1) is 0 Å². The van der Waals surface area contributed by atoms with Crippen molar-refractivity contribution >= 4 is 37.2 Å². The molecule has 6 aromatic rings. The smallest absolute Gasteiger partial charge is 0.0711 e. The van der Waals surface area contributed by atoms with Crippen molar-refractivity contribution < 1.29 is 0 Å². The molecule has 0 aliphatic heterocycles. The quantitative estimate of drug-likeness (QED) is 0.273. The molecule has 0 saturated carbocycles. The van der Waals surface area contributed by atoms with E-state index in [-0.39, 0.29) is 0 Å². The molecule has 1 nitrogen and oxygen atoms in total. The first-order valence-corrected chi connectivity index (χ1v) is 11.3. The lowest BCUT2D eigenvalue weighted by atomic mass is 10.0. The molecule has 0 aliphatic rings. The number of nitrogens with zero attached hydrogens (tertiary/aromatic N) is 1. The highest BCUT2D eigenvalue weighted by Crippen LogP contribution is 2.36. The standard InChI is InChI=1S/C30H20NSi/c32-26-15-13-25(14-16-26)31-29-17-11-23(21-7-3-1-4-8-21)19-27(29)28-20-24(12-18-30(28)31)22-9-5-2-6-10-22/h1-20H. The maximum Gasteiger partial charge on any atom is 0.0711 e. The minimum Gasteiger partial charge on any atom is -0.309 e. The Morgan fingerprint density at radius 2 is 0.906 bits per heavy atom. The molecule has 5 aromatic carbocycles. The fourth-order valence-electron chi connectivity index (χ4n) is 4.53. The summed E-state index contributed by atoms with van der Waals surface area (Å²) in [7, 11) is 3.62. The first-order valence-electron chi connectivity index (χ1n) is 10.8. The molecule has 0 unspecified atom stereocenters. The van der Waals surface area contributed by atoms with Crippen LogP contribution in [-0.2, 0) is 0 Å². The summed E-state index contributed by atoms with van der Waals surface area (Å²) in [6, 6.07) is 43.3. The van der Waals surface area contributed by atoms with Crippen molar-refractivity contribution in [2.75, 3.05) is 0 Å². The van der Waals surface area contributed by atoms with Gasteiger partial charge in [0, 0.05) is 16.5 Å². The Balaban J connectivity index is 1.66. The van der Waals surface area contributed by atoms with Gasteiger partial charge < -0.3 is 4.57 Å². The second-order valence-corrected chi connectivity index (χ2v) is 8.66. The van der Waals surface area contributed by atoms with Crippen molar-refractivity contribution in [3.63, 3.8) is 0 Å². The summed E-state index contributed by atoms with van der Waals surface area (Å²) in [6.45, 7) is 0. The topological polar surface area (TPSA) is 4.93 Å². The highest BCUT2D eigenvalue weighted by molar-refractivity contribution is 6.32. The van der Waals surface area contributed by atoms with Gasteiger partial charge in [0.2, 0.25) is 0 Å². The van der Waals surface area contributed by atoms with Gasteiger partial charge in [-0.3, -0.25) is 0 Å². The zero-order chi connectivity index (χ0) is 21.5. The molecule has 0 N–H and O–H groups in total. The molecule has 3 radical (unpaired) electrons. The molecule has 1 aromatic heterocycles. The molecule has 0 amide bonds. The fourth-order valence-corrected chi connectivity index (χ4v) is 4.70. The number of aromatic nitrogens is 1. The lowest BCUT2D eigenvalue weighted by Gasteiger charge is -2.09. The molecule has 1 heterocycles. The first-order chi connectivity index (χ1) is 15.8. The summed E-state index contributed by atoms with van der Waals surface area (Å²) in [4.78, 5) is 0. The van der Waals surface area contributed by atoms with Crippen LogP contribution in [0.5, 0.6) is 0 Å². The van der Waals surface area contributed by atoms with Gasteiger partial charge in [-0.2, -0.15) is 0 Å². The van der Waals surface area contributed by atoms with E-state index in [0.717, 1.165) is 10.9 Å². The fraction of sp³-hybridized carbons (Fsp3) is 0. The molecule has 0 atom stereocenters. The van der Waals surface area contributed by atoms with Crippen molar-refractivity contribution in [3.05, 3.63) is 121 Å². The van der Waals surface area contributed by atoms with Crippen LogP contribution < -0.4 is 5.19 Å². The van der Waals surface area contributed by atoms with E-state index in [1.165, 1.54) is 44.1 Å². The van der Waals surface area contributed by atoms with Crippen LogP contribution in [0.4, 0.5) is 0 Å². The third-order valence-electron chi connectivity index (χ3n) is 6.10. The SMILES string of the molecule is [Si]c1ccc(-n2c3ccc(-c4ccccc4)cc3c3cc(-c4ccccc4)ccc32)cc1. The van der Waals surface area contributed by atoms with Crippen LogP contribution in [0.15, 0.2) is 121 Å². The summed E-state index contributed by atoms with van der Waals surface area (Å²) >= 11 is 0. The lowest BCUT2D eigenvalue weighted by Crippen LogP contribution is -2.02. The molecular formula is C30H20NSi. The van der Waals surface area contributed by atoms with Crippen LogP contribution in [-0.4, -0.2) is 14.8 Å². The van der Waals surface area contributed by atoms with E-state index in [2.05, 4.69) is 136 Å². The molecular weight excluding hydrogens is 402 g/mol. The van der Waals surface area contributed by atoms with Crippen molar-refractivity contribution in [3.8, 4) is 27.9 Å². The van der Waals surface area contributed by atoms with Crippen LogP contribution in [0.1, 0.15) is 0 Å². The predicted octanol–water partition coefficient (Wildman–Crippen LogP) is 6.91. The Labute approximate surface area is 191 Å². The van der Waals surface area contributed by atoms with Crippen molar-refractivity contribution in [2.24, 2.45) is 0 Å². The number of hydrogen-bond acceptors (Lipinski definition) is 0. The van der Waals surface area contributed by atoms with Gasteiger partial charge >= 0.3 is 0 Å². The van der Waals surface area contributed by atoms with Crippen molar-refractivity contribution in [2.45, 2.75) is 0 Å². The van der Waals surface area contributed by atoms with E-state index < -0.39 is 0 Å². The van der Waals surface area contributed by atoms with Gasteiger partial charge in [0.1, 0.15) is 0 Å². The second kappa shape index (κ2) is 7.67. The zero-order valence-corrected chi connectivity index (χ0v) is 18.5. The molecule has 0 bridgehead atoms. The number of rotatable bonds is 3. The number of hydrogen-bond donors (Lipinski definition) is 0. The number of fused-ring (bicyclic) bond motifs is 3. The maximum absolute atomic E-state index is 3.62. The molecule has 6 rings (SSSR count). The summed E-state index contributed by atoms with van der Waals surface area (Å²) in [5, 5.41) is 3.61. The van der Waals surface area contributed by atoms with Crippen LogP contribution in [0.2, 0.25) is 0 Å². The van der Waals surface area contributed by atoms with Gasteiger partial charge in [-0.1, -0.05) is 90.1 Å². The monoisotopic (exact) mass is 422 g/mol. The van der Waals surface area contributed by atoms with E-state index in [0.29, 0.717) is 0 Å². The Bertz CT molecular complexity index is 1450. The molecule has 0 fully saturated rings. The van der Waals surface area contributed by atoms with Gasteiger partial charge in [0.25, 0.3) is 0 Å². The van der Waals surface area contributed by atoms with E-state index in [1.807, 2.05) is 0 Å². The molecule has 149 valence electrons. The predicted molar refractivity (Wildman–Crippen MR) is 137 cm³/mol. The van der Waals surface area contributed by atoms with E-state index >= 15 is 0 Å². The highest BCUT2D eigenvalue weighted by atomic mass is 28.1. The van der Waals surface area contributed by atoms with E-state index in [4.69, 9.17) is 0 Å². The Hall–Kier alpha value is -3.88. The van der Waals surface area contributed by atoms with Gasteiger partial charge in [-0.05, 0) is 58.7 Å². The molecule has 0 saturated heterocycles. The second-order valence-electron chi connectivity index (χ2n) is 8.08. The van der Waals surface area contributed by atoms with Crippen LogP contribution in [0.3, 0.4) is 0 Å². The molecule has 32 heavy (non-hydrogen) atoms. The average Bonchev–Trinajstić information content (AvgIpc) is 3.19. The Morgan fingerprint density at radius 1 is 0.438 bits per heavy atom. The lowest BCUT2D eigenvalue weighted by molar-refractivity contribution is 1.18.